The van der Waals surface area contributed by atoms with E-state index in [1.165, 1.54) is 38.3 Å². The molecule has 0 saturated heterocycles. The standard InChI is InChI=1S/C17H14FNO6/c1-10(16(20)11-3-6-13(18)7-4-11)25-17(21)12-5-8-15(24-2)14(9-12)19(22)23/h3-10H,1-2H3/t10-/m0/s1. The summed E-state index contributed by atoms with van der Waals surface area (Å²) >= 11 is 0. The second-order valence-corrected chi connectivity index (χ2v) is 5.06. The molecule has 0 amide bonds. The lowest BCUT2D eigenvalue weighted by Gasteiger charge is -2.12. The Morgan fingerprint density at radius 2 is 1.72 bits per heavy atom. The summed E-state index contributed by atoms with van der Waals surface area (Å²) in [7, 11) is 1.27. The number of carbonyl (C=O) groups is 2. The Labute approximate surface area is 142 Å². The molecule has 25 heavy (non-hydrogen) atoms. The highest BCUT2D eigenvalue weighted by atomic mass is 19.1. The van der Waals surface area contributed by atoms with E-state index in [4.69, 9.17) is 9.47 Å². The molecule has 2 aromatic rings. The van der Waals surface area contributed by atoms with E-state index in [0.29, 0.717) is 0 Å². The fourth-order valence-electron chi connectivity index (χ4n) is 2.09. The van der Waals surface area contributed by atoms with Crippen LogP contribution in [0.5, 0.6) is 5.75 Å². The van der Waals surface area contributed by atoms with Gasteiger partial charge in [-0.05, 0) is 43.3 Å². The van der Waals surface area contributed by atoms with Crippen molar-refractivity contribution in [2.45, 2.75) is 13.0 Å². The third-order valence-electron chi connectivity index (χ3n) is 3.39. The zero-order valence-electron chi connectivity index (χ0n) is 13.4. The number of nitrogens with zero attached hydrogens (tertiary/aromatic N) is 1. The van der Waals surface area contributed by atoms with Crippen LogP contribution in [0.25, 0.3) is 0 Å². The first-order chi connectivity index (χ1) is 11.8. The second-order valence-electron chi connectivity index (χ2n) is 5.06. The molecule has 7 nitrogen and oxygen atoms in total. The summed E-state index contributed by atoms with van der Waals surface area (Å²) in [6.07, 6.45) is -1.14. The largest absolute Gasteiger partial charge is 0.490 e. The number of nitro groups is 1. The van der Waals surface area contributed by atoms with Crippen molar-refractivity contribution in [3.63, 3.8) is 0 Å². The zero-order chi connectivity index (χ0) is 18.6. The van der Waals surface area contributed by atoms with E-state index >= 15 is 0 Å². The van der Waals surface area contributed by atoms with Crippen LogP contribution in [0.2, 0.25) is 0 Å². The maximum absolute atomic E-state index is 12.9. The fourth-order valence-corrected chi connectivity index (χ4v) is 2.09. The average Bonchev–Trinajstić information content (AvgIpc) is 2.60. The van der Waals surface area contributed by atoms with Crippen molar-refractivity contribution in [2.24, 2.45) is 0 Å². The summed E-state index contributed by atoms with van der Waals surface area (Å²) in [5.41, 5.74) is -0.303. The van der Waals surface area contributed by atoms with Crippen LogP contribution in [0.1, 0.15) is 27.6 Å². The first-order valence-corrected chi connectivity index (χ1v) is 7.16. The molecule has 0 aliphatic rings. The molecule has 2 rings (SSSR count). The van der Waals surface area contributed by atoms with Gasteiger partial charge in [0, 0.05) is 11.6 Å². The van der Waals surface area contributed by atoms with E-state index in [1.807, 2.05) is 0 Å². The minimum atomic E-state index is -1.14. The molecule has 0 unspecified atom stereocenters. The highest BCUT2D eigenvalue weighted by molar-refractivity contribution is 6.01. The number of hydrogen-bond acceptors (Lipinski definition) is 6. The Kier molecular flexibility index (Phi) is 5.43. The fraction of sp³-hybridized carbons (Fsp3) is 0.176. The monoisotopic (exact) mass is 347 g/mol. The lowest BCUT2D eigenvalue weighted by Crippen LogP contribution is -2.24. The van der Waals surface area contributed by atoms with Crippen molar-refractivity contribution in [1.82, 2.24) is 0 Å². The van der Waals surface area contributed by atoms with Crippen LogP contribution in [-0.2, 0) is 4.74 Å². The number of esters is 1. The summed E-state index contributed by atoms with van der Waals surface area (Å²) in [5.74, 6) is -1.91. The van der Waals surface area contributed by atoms with E-state index < -0.39 is 34.3 Å². The Bertz CT molecular complexity index is 818. The van der Waals surface area contributed by atoms with Crippen molar-refractivity contribution in [3.05, 3.63) is 69.5 Å². The summed E-state index contributed by atoms with van der Waals surface area (Å²) in [6, 6.07) is 8.37. The topological polar surface area (TPSA) is 95.7 Å². The first kappa shape index (κ1) is 18.1. The number of rotatable bonds is 6. The SMILES string of the molecule is COc1ccc(C(=O)O[C@@H](C)C(=O)c2ccc(F)cc2)cc1[N+](=O)[O-]. The molecule has 0 aromatic heterocycles. The van der Waals surface area contributed by atoms with E-state index in [0.717, 1.165) is 18.2 Å². The molecular weight excluding hydrogens is 333 g/mol. The third-order valence-corrected chi connectivity index (χ3v) is 3.39. The number of methoxy groups -OCH3 is 1. The van der Waals surface area contributed by atoms with Crippen molar-refractivity contribution in [2.75, 3.05) is 7.11 Å². The number of ether oxygens (including phenoxy) is 2. The molecule has 1 atom stereocenters. The van der Waals surface area contributed by atoms with Crippen molar-refractivity contribution in [3.8, 4) is 5.75 Å². The summed E-state index contributed by atoms with van der Waals surface area (Å²) in [4.78, 5) is 34.6. The maximum Gasteiger partial charge on any atom is 0.339 e. The Morgan fingerprint density at radius 1 is 1.12 bits per heavy atom. The number of nitro benzene ring substituents is 1. The lowest BCUT2D eigenvalue weighted by atomic mass is 10.1. The Hall–Kier alpha value is -3.29. The second kappa shape index (κ2) is 7.52. The molecule has 0 spiro atoms. The first-order valence-electron chi connectivity index (χ1n) is 7.16. The van der Waals surface area contributed by atoms with Gasteiger partial charge >= 0.3 is 11.7 Å². The van der Waals surface area contributed by atoms with Gasteiger partial charge in [-0.1, -0.05) is 0 Å². The Morgan fingerprint density at radius 3 is 2.28 bits per heavy atom. The number of Topliss-reactive ketones (excluding diaryl/α,β-unsaturated/α-hetero) is 1. The molecular formula is C17H14FNO6. The molecule has 0 N–H and O–H groups in total. The normalized spacial score (nSPS) is 11.5. The number of hydrogen-bond donors (Lipinski definition) is 0. The van der Waals surface area contributed by atoms with Gasteiger partial charge in [0.25, 0.3) is 0 Å². The van der Waals surface area contributed by atoms with E-state index in [2.05, 4.69) is 0 Å². The average molecular weight is 347 g/mol. The van der Waals surface area contributed by atoms with Crippen LogP contribution in [0.3, 0.4) is 0 Å². The quantitative estimate of drug-likeness (QED) is 0.345. The van der Waals surface area contributed by atoms with Gasteiger partial charge in [-0.15, -0.1) is 0 Å². The highest BCUT2D eigenvalue weighted by Gasteiger charge is 2.23. The van der Waals surface area contributed by atoms with Crippen molar-refractivity contribution in [1.29, 1.82) is 0 Å². The molecule has 130 valence electrons. The smallest absolute Gasteiger partial charge is 0.339 e. The summed E-state index contributed by atoms with van der Waals surface area (Å²) < 4.78 is 22.8. The highest BCUT2D eigenvalue weighted by Crippen LogP contribution is 2.28. The van der Waals surface area contributed by atoms with Crippen LogP contribution in [0, 0.1) is 15.9 Å². The third kappa shape index (κ3) is 4.17. The van der Waals surface area contributed by atoms with Gasteiger partial charge < -0.3 is 9.47 Å². The maximum atomic E-state index is 12.9. The molecule has 0 bridgehead atoms. The molecule has 0 heterocycles. The van der Waals surface area contributed by atoms with Gasteiger partial charge in [-0.2, -0.15) is 0 Å². The van der Waals surface area contributed by atoms with Gasteiger partial charge in [0.05, 0.1) is 17.6 Å². The summed E-state index contributed by atoms with van der Waals surface area (Å²) in [5, 5.41) is 11.0. The number of carbonyl (C=O) groups excluding carboxylic acids is 2. The molecule has 0 aliphatic carbocycles. The molecule has 0 fully saturated rings. The van der Waals surface area contributed by atoms with Gasteiger partial charge in [-0.3, -0.25) is 14.9 Å². The van der Waals surface area contributed by atoms with Gasteiger partial charge in [-0.25, -0.2) is 9.18 Å². The van der Waals surface area contributed by atoms with Gasteiger partial charge in [0.1, 0.15) is 5.82 Å². The minimum Gasteiger partial charge on any atom is -0.490 e. The van der Waals surface area contributed by atoms with E-state index in [9.17, 15) is 24.1 Å². The number of halogens is 1. The molecule has 8 heteroatoms. The van der Waals surface area contributed by atoms with Crippen molar-refractivity contribution < 1.29 is 28.4 Å². The molecule has 0 saturated carbocycles. The van der Waals surface area contributed by atoms with Crippen LogP contribution in [0.4, 0.5) is 10.1 Å². The predicted molar refractivity (Wildman–Crippen MR) is 85.3 cm³/mol. The minimum absolute atomic E-state index is 0.00279. The van der Waals surface area contributed by atoms with Gasteiger partial charge in [0.2, 0.25) is 5.78 Å². The summed E-state index contributed by atoms with van der Waals surface area (Å²) in [6.45, 7) is 1.36. The van der Waals surface area contributed by atoms with Crippen molar-refractivity contribution >= 4 is 17.4 Å². The number of ketones is 1. The molecule has 0 radical (unpaired) electrons. The lowest BCUT2D eigenvalue weighted by molar-refractivity contribution is -0.385. The van der Waals surface area contributed by atoms with Crippen LogP contribution in [-0.4, -0.2) is 29.9 Å². The number of benzene rings is 2. The van der Waals surface area contributed by atoms with Crippen LogP contribution < -0.4 is 4.74 Å². The van der Waals surface area contributed by atoms with E-state index in [1.54, 1.807) is 0 Å². The van der Waals surface area contributed by atoms with E-state index in [-0.39, 0.29) is 16.9 Å². The van der Waals surface area contributed by atoms with Crippen LogP contribution >= 0.6 is 0 Å². The van der Waals surface area contributed by atoms with Gasteiger partial charge in [0.15, 0.2) is 11.9 Å². The molecule has 0 aliphatic heterocycles. The van der Waals surface area contributed by atoms with Crippen LogP contribution in [0.15, 0.2) is 42.5 Å². The zero-order valence-corrected chi connectivity index (χ0v) is 13.4. The Balaban J connectivity index is 2.15. The predicted octanol–water partition coefficient (Wildman–Crippen LogP) is 3.17. The molecule has 2 aromatic carbocycles.